The molecule has 0 spiro atoms. The van der Waals surface area contributed by atoms with Gasteiger partial charge in [0.15, 0.2) is 0 Å². The van der Waals surface area contributed by atoms with Crippen LogP contribution in [0, 0.1) is 13.8 Å². The number of hydrogen-bond donors (Lipinski definition) is 1. The second kappa shape index (κ2) is 7.59. The molecule has 146 valence electrons. The van der Waals surface area contributed by atoms with Crippen molar-refractivity contribution in [2.24, 2.45) is 0 Å². The Bertz CT molecular complexity index is 991. The highest BCUT2D eigenvalue weighted by atomic mass is 16.5. The van der Waals surface area contributed by atoms with Crippen LogP contribution in [0.5, 0.6) is 0 Å². The summed E-state index contributed by atoms with van der Waals surface area (Å²) in [6.45, 7) is 8.96. The fraction of sp³-hybridized carbons (Fsp3) is 0.381. The number of hydrogen-bond acceptors (Lipinski definition) is 6. The third kappa shape index (κ3) is 3.57. The van der Waals surface area contributed by atoms with Gasteiger partial charge in [-0.25, -0.2) is 4.98 Å². The van der Waals surface area contributed by atoms with Crippen molar-refractivity contribution < 1.29 is 14.1 Å². The molecule has 1 aliphatic rings. The van der Waals surface area contributed by atoms with E-state index in [1.807, 2.05) is 20.8 Å². The Morgan fingerprint density at radius 2 is 1.89 bits per heavy atom. The van der Waals surface area contributed by atoms with E-state index in [0.717, 1.165) is 37.6 Å². The summed E-state index contributed by atoms with van der Waals surface area (Å²) in [6, 6.07) is 9.97. The van der Waals surface area contributed by atoms with Gasteiger partial charge in [-0.05, 0) is 44.5 Å². The third-order valence-electron chi connectivity index (χ3n) is 5.11. The van der Waals surface area contributed by atoms with Gasteiger partial charge in [0.1, 0.15) is 0 Å². The number of aryl methyl sites for hydroxylation is 2. The summed E-state index contributed by atoms with van der Waals surface area (Å²) in [5.41, 5.74) is 4.54. The lowest BCUT2D eigenvalue weighted by molar-refractivity contribution is 0.0941. The van der Waals surface area contributed by atoms with Gasteiger partial charge in [0, 0.05) is 24.5 Å². The number of aromatic nitrogens is 2. The number of benzene rings is 1. The standard InChI is InChI=1S/C21H24N4O3/c1-13-12-18(19-15(3)24-28-21(19)22-13)20(26)23-14(2)16-4-6-17(7-5-16)25-8-10-27-11-9-25/h4-7,12,14H,8-11H2,1-3H3,(H,23,26)/t14-/m0/s1. The van der Waals surface area contributed by atoms with Crippen LogP contribution in [-0.4, -0.2) is 42.4 Å². The molecular formula is C21H24N4O3. The van der Waals surface area contributed by atoms with Crippen LogP contribution in [0.3, 0.4) is 0 Å². The molecule has 3 heterocycles. The van der Waals surface area contributed by atoms with E-state index < -0.39 is 0 Å². The maximum Gasteiger partial charge on any atom is 0.258 e. The zero-order valence-electron chi connectivity index (χ0n) is 16.4. The van der Waals surface area contributed by atoms with E-state index in [2.05, 4.69) is 44.6 Å². The minimum absolute atomic E-state index is 0.130. The molecule has 3 aromatic rings. The summed E-state index contributed by atoms with van der Waals surface area (Å²) in [7, 11) is 0. The summed E-state index contributed by atoms with van der Waals surface area (Å²) >= 11 is 0. The van der Waals surface area contributed by atoms with Gasteiger partial charge in [-0.1, -0.05) is 17.3 Å². The molecule has 1 saturated heterocycles. The lowest BCUT2D eigenvalue weighted by atomic mass is 10.1. The molecule has 1 amide bonds. The molecule has 1 aromatic carbocycles. The maximum absolute atomic E-state index is 12.9. The predicted octanol–water partition coefficient (Wildman–Crippen LogP) is 3.17. The summed E-state index contributed by atoms with van der Waals surface area (Å²) in [6.07, 6.45) is 0. The van der Waals surface area contributed by atoms with Crippen LogP contribution in [0.15, 0.2) is 34.9 Å². The number of ether oxygens (including phenoxy) is 1. The SMILES string of the molecule is Cc1cc(C(=O)N[C@@H](C)c2ccc(N3CCOCC3)cc2)c2c(C)noc2n1. The fourth-order valence-electron chi connectivity index (χ4n) is 3.55. The number of anilines is 1. The van der Waals surface area contributed by atoms with E-state index >= 15 is 0 Å². The molecule has 0 aliphatic carbocycles. The molecule has 1 atom stereocenters. The van der Waals surface area contributed by atoms with Crippen LogP contribution in [0.4, 0.5) is 5.69 Å². The van der Waals surface area contributed by atoms with E-state index in [4.69, 9.17) is 9.26 Å². The van der Waals surface area contributed by atoms with Gasteiger partial charge in [-0.15, -0.1) is 0 Å². The number of rotatable bonds is 4. The van der Waals surface area contributed by atoms with Crippen molar-refractivity contribution >= 4 is 22.7 Å². The van der Waals surface area contributed by atoms with Gasteiger partial charge in [-0.2, -0.15) is 0 Å². The molecule has 1 N–H and O–H groups in total. The van der Waals surface area contributed by atoms with Gasteiger partial charge >= 0.3 is 0 Å². The molecule has 28 heavy (non-hydrogen) atoms. The van der Waals surface area contributed by atoms with Crippen LogP contribution in [0.1, 0.15) is 40.3 Å². The first-order valence-electron chi connectivity index (χ1n) is 9.50. The zero-order chi connectivity index (χ0) is 19.7. The number of pyridine rings is 1. The Balaban J connectivity index is 1.51. The highest BCUT2D eigenvalue weighted by Gasteiger charge is 2.20. The second-order valence-corrected chi connectivity index (χ2v) is 7.15. The van der Waals surface area contributed by atoms with E-state index in [1.54, 1.807) is 6.07 Å². The number of nitrogens with zero attached hydrogens (tertiary/aromatic N) is 3. The Labute approximate surface area is 163 Å². The summed E-state index contributed by atoms with van der Waals surface area (Å²) < 4.78 is 10.6. The van der Waals surface area contributed by atoms with Gasteiger partial charge < -0.3 is 19.5 Å². The van der Waals surface area contributed by atoms with Crippen LogP contribution < -0.4 is 10.2 Å². The van der Waals surface area contributed by atoms with Crippen molar-refractivity contribution in [3.63, 3.8) is 0 Å². The lowest BCUT2D eigenvalue weighted by Gasteiger charge is -2.29. The zero-order valence-corrected chi connectivity index (χ0v) is 16.4. The first kappa shape index (κ1) is 18.4. The number of carbonyl (C=O) groups is 1. The smallest absolute Gasteiger partial charge is 0.258 e. The largest absolute Gasteiger partial charge is 0.378 e. The van der Waals surface area contributed by atoms with E-state index in [0.29, 0.717) is 22.4 Å². The molecule has 1 aliphatic heterocycles. The van der Waals surface area contributed by atoms with Gasteiger partial charge in [0.05, 0.1) is 35.9 Å². The molecule has 2 aromatic heterocycles. The molecular weight excluding hydrogens is 356 g/mol. The first-order valence-corrected chi connectivity index (χ1v) is 9.50. The Morgan fingerprint density at radius 1 is 1.18 bits per heavy atom. The number of nitrogens with one attached hydrogen (secondary N) is 1. The normalized spacial score (nSPS) is 15.6. The van der Waals surface area contributed by atoms with Crippen LogP contribution >= 0.6 is 0 Å². The molecule has 7 nitrogen and oxygen atoms in total. The monoisotopic (exact) mass is 380 g/mol. The average Bonchev–Trinajstić information content (AvgIpc) is 3.08. The second-order valence-electron chi connectivity index (χ2n) is 7.15. The molecule has 0 unspecified atom stereocenters. The predicted molar refractivity (Wildman–Crippen MR) is 107 cm³/mol. The lowest BCUT2D eigenvalue weighted by Crippen LogP contribution is -2.36. The molecule has 4 rings (SSSR count). The highest BCUT2D eigenvalue weighted by Crippen LogP contribution is 2.24. The molecule has 0 saturated carbocycles. The number of amides is 1. The molecule has 7 heteroatoms. The van der Waals surface area contributed by atoms with Crippen LogP contribution in [0.25, 0.3) is 11.1 Å². The third-order valence-corrected chi connectivity index (χ3v) is 5.11. The highest BCUT2D eigenvalue weighted by molar-refractivity contribution is 6.06. The topological polar surface area (TPSA) is 80.5 Å². The van der Waals surface area contributed by atoms with Gasteiger partial charge in [0.25, 0.3) is 11.6 Å². The minimum Gasteiger partial charge on any atom is -0.378 e. The fourth-order valence-corrected chi connectivity index (χ4v) is 3.55. The Kier molecular flexibility index (Phi) is 5.00. The molecule has 0 radical (unpaired) electrons. The van der Waals surface area contributed by atoms with Crippen molar-refractivity contribution in [3.8, 4) is 0 Å². The maximum atomic E-state index is 12.9. The van der Waals surface area contributed by atoms with Gasteiger partial charge in [-0.3, -0.25) is 4.79 Å². The van der Waals surface area contributed by atoms with Crippen LogP contribution in [0.2, 0.25) is 0 Å². The minimum atomic E-state index is -0.161. The number of fused-ring (bicyclic) bond motifs is 1. The average molecular weight is 380 g/mol. The van der Waals surface area contributed by atoms with Crippen molar-refractivity contribution in [1.29, 1.82) is 0 Å². The number of morpholine rings is 1. The van der Waals surface area contributed by atoms with Gasteiger partial charge in [0.2, 0.25) is 0 Å². The van der Waals surface area contributed by atoms with E-state index in [-0.39, 0.29) is 11.9 Å². The molecule has 0 bridgehead atoms. The van der Waals surface area contributed by atoms with Crippen molar-refractivity contribution in [1.82, 2.24) is 15.5 Å². The Hall–Kier alpha value is -2.93. The van der Waals surface area contributed by atoms with E-state index in [1.165, 1.54) is 5.69 Å². The summed E-state index contributed by atoms with van der Waals surface area (Å²) in [5, 5.41) is 7.68. The summed E-state index contributed by atoms with van der Waals surface area (Å²) in [4.78, 5) is 19.5. The quantitative estimate of drug-likeness (QED) is 0.749. The molecule has 1 fully saturated rings. The summed E-state index contributed by atoms with van der Waals surface area (Å²) in [5.74, 6) is -0.161. The Morgan fingerprint density at radius 3 is 2.61 bits per heavy atom. The van der Waals surface area contributed by atoms with Crippen molar-refractivity contribution in [2.45, 2.75) is 26.8 Å². The van der Waals surface area contributed by atoms with Crippen molar-refractivity contribution in [3.05, 3.63) is 52.8 Å². The number of carbonyl (C=O) groups excluding carboxylic acids is 1. The van der Waals surface area contributed by atoms with Crippen LogP contribution in [-0.2, 0) is 4.74 Å². The van der Waals surface area contributed by atoms with Crippen molar-refractivity contribution in [2.75, 3.05) is 31.2 Å². The van der Waals surface area contributed by atoms with E-state index in [9.17, 15) is 4.79 Å². The first-order chi connectivity index (χ1) is 13.5.